The molecule has 11 aromatic rings. The molecule has 14 heteroatoms. The lowest BCUT2D eigenvalue weighted by Crippen LogP contribution is -2.53. The normalized spacial score (nSPS) is 12.0. The third-order valence-corrected chi connectivity index (χ3v) is 15.5. The van der Waals surface area contributed by atoms with Crippen LogP contribution in [-0.4, -0.2) is 61.1 Å². The van der Waals surface area contributed by atoms with Crippen molar-refractivity contribution in [3.8, 4) is 57.7 Å². The van der Waals surface area contributed by atoms with Gasteiger partial charge in [0, 0.05) is 34.3 Å². The molecule has 0 fully saturated rings. The summed E-state index contributed by atoms with van der Waals surface area (Å²) in [7, 11) is 6.58. The van der Waals surface area contributed by atoms with E-state index >= 15 is 0 Å². The maximum Gasteiger partial charge on any atom is 0.328 e. The first-order chi connectivity index (χ1) is 35.9. The largest absolute Gasteiger partial charge is 0.497 e. The Kier molecular flexibility index (Phi) is 12.6. The number of fused-ring (bicyclic) bond motifs is 3. The molecule has 10 nitrogen and oxygen atoms in total. The lowest BCUT2D eigenvalue weighted by atomic mass is 9.50. The van der Waals surface area contributed by atoms with E-state index in [-0.39, 0.29) is 6.85 Å². The minimum Gasteiger partial charge on any atom is -0.497 e. The Morgan fingerprint density at radius 2 is 0.836 bits per heavy atom. The number of nitriles is 2. The number of thiazole rings is 2. The molecular weight excluding hydrogens is 942 g/mol. The third kappa shape index (κ3) is 8.27. The van der Waals surface area contributed by atoms with Gasteiger partial charge < -0.3 is 27.9 Å². The van der Waals surface area contributed by atoms with Crippen molar-refractivity contribution < 1.29 is 18.9 Å². The predicted octanol–water partition coefficient (Wildman–Crippen LogP) is 9.51. The van der Waals surface area contributed by atoms with Crippen LogP contribution in [0.3, 0.4) is 0 Å². The number of hydrogen-bond acceptors (Lipinski definition) is 10. The summed E-state index contributed by atoms with van der Waals surface area (Å²) in [5, 5.41) is 27.9. The van der Waals surface area contributed by atoms with E-state index in [0.717, 1.165) is 59.1 Å². The van der Waals surface area contributed by atoms with E-state index in [1.807, 2.05) is 115 Å². The Balaban J connectivity index is 1.48. The molecule has 0 bridgehead atoms. The van der Waals surface area contributed by atoms with Crippen molar-refractivity contribution in [1.29, 1.82) is 10.5 Å². The van der Waals surface area contributed by atoms with Gasteiger partial charge in [0.1, 0.15) is 56.3 Å². The van der Waals surface area contributed by atoms with Crippen LogP contribution in [0.2, 0.25) is 6.82 Å². The standard InChI is InChI=1S/C59H44B2N6O4S2/c1-60(39-15-9-6-10-16-39)66-54(37-21-25-42(68-2)26-22-37)52-53(56(66)46(35-62)58-64-48-33-44(70-4)29-31-50(48)72-58)55(38-23-27-43(69-3)28-24-38)67(61(40-17-11-7-12-18-40)41-19-13-8-14-20-41)57(52)47(36-63)59-65-49-34-45(71-5)30-32-51(49)73-59/h6-34H,1-5H3/b56-46-,57-47-. The molecule has 0 aliphatic carbocycles. The van der Waals surface area contributed by atoms with Crippen molar-refractivity contribution in [2.45, 2.75) is 6.82 Å². The van der Waals surface area contributed by atoms with Crippen molar-refractivity contribution in [1.82, 2.24) is 18.9 Å². The van der Waals surface area contributed by atoms with Gasteiger partial charge in [0.25, 0.3) is 6.85 Å². The van der Waals surface area contributed by atoms with E-state index < -0.39 is 6.85 Å². The molecule has 0 atom stereocenters. The Labute approximate surface area is 430 Å². The summed E-state index contributed by atoms with van der Waals surface area (Å²) < 4.78 is 29.3. The average molecular weight is 987 g/mol. The van der Waals surface area contributed by atoms with E-state index in [2.05, 4.69) is 88.6 Å². The number of rotatable bonds is 13. The molecule has 352 valence electrons. The summed E-state index contributed by atoms with van der Waals surface area (Å²) in [4.78, 5) is 10.5. The van der Waals surface area contributed by atoms with Crippen molar-refractivity contribution in [2.75, 3.05) is 28.4 Å². The van der Waals surface area contributed by atoms with Crippen LogP contribution in [0.15, 0.2) is 176 Å². The maximum atomic E-state index is 12.1. The maximum absolute atomic E-state index is 12.1. The second-order valence-electron chi connectivity index (χ2n) is 17.3. The van der Waals surface area contributed by atoms with Gasteiger partial charge >= 0.3 is 6.85 Å². The molecule has 11 rings (SSSR count). The zero-order valence-electron chi connectivity index (χ0n) is 40.5. The lowest BCUT2D eigenvalue weighted by Gasteiger charge is -2.23. The van der Waals surface area contributed by atoms with E-state index in [9.17, 15) is 10.5 Å². The molecular formula is C59H44B2N6O4S2. The monoisotopic (exact) mass is 986 g/mol. The zero-order valence-corrected chi connectivity index (χ0v) is 42.2. The van der Waals surface area contributed by atoms with Gasteiger partial charge in [-0.05, 0) is 83.9 Å². The fraction of sp³-hybridized carbons (Fsp3) is 0.0847. The summed E-state index contributed by atoms with van der Waals surface area (Å²) in [5.41, 5.74) is 8.36. The third-order valence-electron chi connectivity index (χ3n) is 13.4. The molecule has 0 N–H and O–H groups in total. The molecule has 0 aliphatic rings. The average Bonchev–Trinajstić information content (AvgIpc) is 4.23. The minimum absolute atomic E-state index is 0.359. The van der Waals surface area contributed by atoms with Crippen LogP contribution in [0.25, 0.3) is 64.9 Å². The van der Waals surface area contributed by atoms with E-state index in [1.54, 1.807) is 28.4 Å². The molecule has 0 amide bonds. The minimum atomic E-state index is -0.517. The number of aromatic nitrogens is 4. The van der Waals surface area contributed by atoms with E-state index in [0.29, 0.717) is 65.9 Å². The van der Waals surface area contributed by atoms with Gasteiger partial charge in [-0.1, -0.05) is 114 Å². The number of nitrogens with zero attached hydrogens (tertiary/aromatic N) is 6. The quantitative estimate of drug-likeness (QED) is 0.105. The highest BCUT2D eigenvalue weighted by Crippen LogP contribution is 2.39. The fourth-order valence-corrected chi connectivity index (χ4v) is 11.8. The smallest absolute Gasteiger partial charge is 0.328 e. The molecule has 0 saturated heterocycles. The van der Waals surface area contributed by atoms with Crippen molar-refractivity contribution in [2.24, 2.45) is 0 Å². The van der Waals surface area contributed by atoms with E-state index in [4.69, 9.17) is 28.9 Å². The number of ether oxygens (including phenoxy) is 4. The Bertz CT molecular complexity index is 4030. The first-order valence-corrected chi connectivity index (χ1v) is 25.2. The molecule has 7 aromatic carbocycles. The van der Waals surface area contributed by atoms with Gasteiger partial charge in [0.2, 0.25) is 0 Å². The van der Waals surface area contributed by atoms with E-state index in [1.165, 1.54) is 22.7 Å². The highest BCUT2D eigenvalue weighted by Gasteiger charge is 2.36. The summed E-state index contributed by atoms with van der Waals surface area (Å²) in [6.45, 7) is 1.27. The van der Waals surface area contributed by atoms with Crippen molar-refractivity contribution in [3.63, 3.8) is 0 Å². The van der Waals surface area contributed by atoms with Crippen LogP contribution < -0.4 is 46.0 Å². The first-order valence-electron chi connectivity index (χ1n) is 23.6. The summed E-state index contributed by atoms with van der Waals surface area (Å²) in [6.07, 6.45) is 0. The van der Waals surface area contributed by atoms with Gasteiger partial charge in [-0.15, -0.1) is 22.7 Å². The SMILES string of the molecule is COc1ccc(-c2c3/c(=C(\C#N)c4nc5cc(OC)ccc5s4)n(B(c4ccccc4)c4ccccc4)c(-c4ccc(OC)cc4)c3/c(=C(\C#N)c3nc4cc(OC)ccc4s3)n2B(C)c2ccccc2)cc1. The first kappa shape index (κ1) is 46.6. The Hall–Kier alpha value is -8.81. The number of methoxy groups -OCH3 is 4. The van der Waals surface area contributed by atoms with Gasteiger partial charge in [-0.25, -0.2) is 9.97 Å². The van der Waals surface area contributed by atoms with Gasteiger partial charge in [0.15, 0.2) is 0 Å². The lowest BCUT2D eigenvalue weighted by molar-refractivity contribution is 0.415. The number of benzene rings is 7. The fourth-order valence-electron chi connectivity index (χ4n) is 9.93. The van der Waals surface area contributed by atoms with Gasteiger partial charge in [-0.2, -0.15) is 10.5 Å². The number of hydrogen-bond donors (Lipinski definition) is 0. The molecule has 4 aromatic heterocycles. The topological polar surface area (TPSA) is 120 Å². The summed E-state index contributed by atoms with van der Waals surface area (Å²) in [5.74, 6) is 2.69. The summed E-state index contributed by atoms with van der Waals surface area (Å²) in [6, 6.07) is 64.2. The molecule has 0 unspecified atom stereocenters. The van der Waals surface area contributed by atoms with Crippen LogP contribution in [0.4, 0.5) is 0 Å². The molecule has 0 aliphatic heterocycles. The van der Waals surface area contributed by atoms with Crippen LogP contribution >= 0.6 is 22.7 Å². The molecule has 4 heterocycles. The molecule has 0 spiro atoms. The van der Waals surface area contributed by atoms with Crippen molar-refractivity contribution in [3.05, 3.63) is 197 Å². The second-order valence-corrected chi connectivity index (χ2v) is 19.4. The van der Waals surface area contributed by atoms with Gasteiger partial charge in [0.05, 0.1) is 59.6 Å². The molecule has 73 heavy (non-hydrogen) atoms. The zero-order chi connectivity index (χ0) is 50.2. The Morgan fingerprint density at radius 3 is 1.23 bits per heavy atom. The second kappa shape index (κ2) is 19.8. The van der Waals surface area contributed by atoms with Crippen LogP contribution in [0.1, 0.15) is 10.0 Å². The van der Waals surface area contributed by atoms with Gasteiger partial charge in [-0.3, -0.25) is 0 Å². The Morgan fingerprint density at radius 1 is 0.466 bits per heavy atom. The highest BCUT2D eigenvalue weighted by atomic mass is 32.1. The molecule has 0 saturated carbocycles. The summed E-state index contributed by atoms with van der Waals surface area (Å²) >= 11 is 2.91. The van der Waals surface area contributed by atoms with Crippen LogP contribution in [-0.2, 0) is 0 Å². The van der Waals surface area contributed by atoms with Crippen LogP contribution in [0.5, 0.6) is 23.0 Å². The predicted molar refractivity (Wildman–Crippen MR) is 298 cm³/mol. The van der Waals surface area contributed by atoms with Crippen LogP contribution in [0, 0.1) is 22.7 Å². The van der Waals surface area contributed by atoms with Crippen molar-refractivity contribution >= 4 is 95.1 Å². The highest BCUT2D eigenvalue weighted by molar-refractivity contribution is 7.20. The molecule has 0 radical (unpaired) electrons.